The molecule has 0 aromatic heterocycles. The topological polar surface area (TPSA) is 159 Å². The van der Waals surface area contributed by atoms with Gasteiger partial charge in [-0.25, -0.2) is 4.79 Å². The monoisotopic (exact) mass is 815 g/mol. The van der Waals surface area contributed by atoms with Crippen molar-refractivity contribution in [2.75, 3.05) is 28.4 Å². The summed E-state index contributed by atoms with van der Waals surface area (Å²) in [4.78, 5) is 16.2. The fraction of sp³-hybridized carbons (Fsp3) is 0.977. The molecule has 0 aromatic rings. The molecule has 0 aromatic carbocycles. The van der Waals surface area contributed by atoms with E-state index >= 15 is 0 Å². The largest absolute Gasteiger partial charge is 0.381 e. The molecule has 6 fully saturated rings. The Morgan fingerprint density at radius 1 is 0.719 bits per heavy atom. The van der Waals surface area contributed by atoms with E-state index in [0.717, 1.165) is 19.3 Å². The molecule has 1 spiro atoms. The van der Waals surface area contributed by atoms with Gasteiger partial charge >= 0.3 is 5.97 Å². The Labute approximate surface area is 340 Å². The van der Waals surface area contributed by atoms with Gasteiger partial charge in [-0.3, -0.25) is 0 Å². The number of hydrogen-bond acceptors (Lipinski definition) is 14. The maximum absolute atomic E-state index is 12.2. The van der Waals surface area contributed by atoms with Crippen molar-refractivity contribution in [3.05, 3.63) is 0 Å². The predicted molar refractivity (Wildman–Crippen MR) is 207 cm³/mol. The quantitative estimate of drug-likeness (QED) is 0.198. The lowest BCUT2D eigenvalue weighted by molar-refractivity contribution is -0.341. The maximum atomic E-state index is 12.2. The summed E-state index contributed by atoms with van der Waals surface area (Å²) in [5.41, 5.74) is -1.25. The van der Waals surface area contributed by atoms with Crippen LogP contribution in [0.25, 0.3) is 0 Å². The van der Waals surface area contributed by atoms with Gasteiger partial charge in [-0.15, -0.1) is 0 Å². The van der Waals surface area contributed by atoms with Crippen LogP contribution in [0.5, 0.6) is 0 Å². The van der Waals surface area contributed by atoms with Crippen molar-refractivity contribution in [1.29, 1.82) is 0 Å². The molecule has 0 saturated carbocycles. The molecule has 57 heavy (non-hydrogen) atoms. The first-order chi connectivity index (χ1) is 26.7. The molecule has 6 saturated heterocycles. The Morgan fingerprint density at radius 3 is 2.00 bits per heavy atom. The van der Waals surface area contributed by atoms with E-state index in [-0.39, 0.29) is 96.7 Å². The SMILES string of the molecule is COC1CC2(CCC(C)(C3CCC(C)(C4OC(C5OC(C)(O)C(C)C(OC)C5C)C(OC)C4C)O3)O2)OC(C(C)C2OC(CC(=O)OO)C(C)C(OC)C2C)C1C. The van der Waals surface area contributed by atoms with Gasteiger partial charge < -0.3 is 57.4 Å². The van der Waals surface area contributed by atoms with Crippen LogP contribution < -0.4 is 0 Å². The van der Waals surface area contributed by atoms with E-state index < -0.39 is 47.1 Å². The van der Waals surface area contributed by atoms with Crippen molar-refractivity contribution in [3.8, 4) is 0 Å². The Hall–Kier alpha value is -1.01. The summed E-state index contributed by atoms with van der Waals surface area (Å²) in [6.07, 6.45) is 0.252. The standard InChI is InChI=1S/C43H74O14/c1-21-28(19-31(44)56-46)51-33(23(3)32(21)48-12)24(4)34-22(2)29(47-11)20-43(55-34)18-17-40(8,57-43)30-15-16-41(9,53-30)39-26(6)36(50-14)38(52-39)37-25(5)35(49-13)27(7)42(10,45)54-37/h21-30,32-39,45-46H,15-20H2,1-14H3. The molecule has 0 bridgehead atoms. The first kappa shape index (κ1) is 45.5. The number of hydrogen-bond donors (Lipinski definition) is 2. The predicted octanol–water partition coefficient (Wildman–Crippen LogP) is 5.54. The van der Waals surface area contributed by atoms with Crippen LogP contribution in [0.2, 0.25) is 0 Å². The van der Waals surface area contributed by atoms with Crippen LogP contribution in [0.15, 0.2) is 0 Å². The zero-order valence-corrected chi connectivity index (χ0v) is 36.9. The van der Waals surface area contributed by atoms with Gasteiger partial charge in [0, 0.05) is 82.7 Å². The minimum atomic E-state index is -1.38. The number of ether oxygens (including phenoxy) is 10. The van der Waals surface area contributed by atoms with Crippen molar-refractivity contribution in [2.24, 2.45) is 41.4 Å². The molecular weight excluding hydrogens is 740 g/mol. The molecule has 2 N–H and O–H groups in total. The lowest BCUT2D eigenvalue weighted by Gasteiger charge is -2.52. The van der Waals surface area contributed by atoms with E-state index in [1.54, 1.807) is 35.4 Å². The Kier molecular flexibility index (Phi) is 13.6. The zero-order valence-electron chi connectivity index (χ0n) is 36.9. The van der Waals surface area contributed by atoms with Crippen LogP contribution >= 0.6 is 0 Å². The molecule has 14 nitrogen and oxygen atoms in total. The normalized spacial score (nSPS) is 53.6. The van der Waals surface area contributed by atoms with Gasteiger partial charge in [0.2, 0.25) is 0 Å². The average molecular weight is 815 g/mol. The van der Waals surface area contributed by atoms with Gasteiger partial charge in [-0.2, -0.15) is 5.26 Å². The summed E-state index contributed by atoms with van der Waals surface area (Å²) in [6, 6.07) is 0. The van der Waals surface area contributed by atoms with Crippen molar-refractivity contribution in [3.63, 3.8) is 0 Å². The summed E-state index contributed by atoms with van der Waals surface area (Å²) >= 11 is 0. The number of rotatable bonds is 11. The lowest BCUT2D eigenvalue weighted by atomic mass is 9.73. The van der Waals surface area contributed by atoms with Crippen LogP contribution in [-0.4, -0.2) is 135 Å². The van der Waals surface area contributed by atoms with Crippen LogP contribution in [0.1, 0.15) is 108 Å². The molecule has 14 heteroatoms. The average Bonchev–Trinajstić information content (AvgIpc) is 3.85. The summed E-state index contributed by atoms with van der Waals surface area (Å²) in [7, 11) is 6.83. The summed E-state index contributed by atoms with van der Waals surface area (Å²) in [5.74, 6) is -3.48. The minimum Gasteiger partial charge on any atom is -0.381 e. The van der Waals surface area contributed by atoms with E-state index in [1.807, 2.05) is 13.8 Å². The highest BCUT2D eigenvalue weighted by molar-refractivity contribution is 5.69. The number of carbonyl (C=O) groups excluding carboxylic acids is 1. The minimum absolute atomic E-state index is 0.00101. The van der Waals surface area contributed by atoms with E-state index in [0.29, 0.717) is 12.8 Å². The highest BCUT2D eigenvalue weighted by Gasteiger charge is 2.64. The van der Waals surface area contributed by atoms with Crippen molar-refractivity contribution < 1.29 is 67.4 Å². The molecule has 6 aliphatic rings. The molecule has 0 radical (unpaired) electrons. The van der Waals surface area contributed by atoms with Crippen LogP contribution in [0.3, 0.4) is 0 Å². The molecule has 22 unspecified atom stereocenters. The third kappa shape index (κ3) is 8.11. The third-order valence-electron chi connectivity index (χ3n) is 15.8. The van der Waals surface area contributed by atoms with Crippen LogP contribution in [0, 0.1) is 41.4 Å². The Balaban J connectivity index is 1.18. The third-order valence-corrected chi connectivity index (χ3v) is 15.8. The molecule has 330 valence electrons. The fourth-order valence-electron chi connectivity index (χ4n) is 12.3. The lowest BCUT2D eigenvalue weighted by Crippen LogP contribution is -2.60. The molecule has 22 atom stereocenters. The van der Waals surface area contributed by atoms with Gasteiger partial charge in [-0.1, -0.05) is 48.5 Å². The molecule has 0 amide bonds. The van der Waals surface area contributed by atoms with Crippen molar-refractivity contribution >= 4 is 5.97 Å². The second kappa shape index (κ2) is 17.0. The van der Waals surface area contributed by atoms with Crippen molar-refractivity contribution in [2.45, 2.75) is 198 Å². The Bertz CT molecular complexity index is 1380. The molecule has 6 aliphatic heterocycles. The van der Waals surface area contributed by atoms with Gasteiger partial charge in [0.25, 0.3) is 0 Å². The molecule has 6 heterocycles. The maximum Gasteiger partial charge on any atom is 0.344 e. The highest BCUT2D eigenvalue weighted by Crippen LogP contribution is 2.55. The highest BCUT2D eigenvalue weighted by atomic mass is 17.1. The number of carbonyl (C=O) groups is 1. The van der Waals surface area contributed by atoms with Crippen LogP contribution in [-0.2, 0) is 57.1 Å². The zero-order chi connectivity index (χ0) is 42.0. The Morgan fingerprint density at radius 2 is 1.39 bits per heavy atom. The van der Waals surface area contributed by atoms with Gasteiger partial charge in [0.05, 0.1) is 78.7 Å². The molecular formula is C43H74O14. The summed E-state index contributed by atoms with van der Waals surface area (Å²) in [5, 5.41) is 20.3. The smallest absolute Gasteiger partial charge is 0.344 e. The van der Waals surface area contributed by atoms with Crippen molar-refractivity contribution in [1.82, 2.24) is 0 Å². The van der Waals surface area contributed by atoms with E-state index in [9.17, 15) is 9.90 Å². The molecule has 6 rings (SSSR count). The summed E-state index contributed by atoms with van der Waals surface area (Å²) < 4.78 is 65.7. The fourth-order valence-corrected chi connectivity index (χ4v) is 12.3. The van der Waals surface area contributed by atoms with Gasteiger partial charge in [0.15, 0.2) is 11.6 Å². The second-order valence-electron chi connectivity index (χ2n) is 19.4. The van der Waals surface area contributed by atoms with E-state index in [1.165, 1.54) is 0 Å². The first-order valence-electron chi connectivity index (χ1n) is 21.5. The van der Waals surface area contributed by atoms with E-state index in [2.05, 4.69) is 53.4 Å². The number of methoxy groups -OCH3 is 4. The number of aliphatic hydroxyl groups is 1. The first-order valence-corrected chi connectivity index (χ1v) is 21.5. The van der Waals surface area contributed by atoms with Crippen LogP contribution in [0.4, 0.5) is 0 Å². The second-order valence-corrected chi connectivity index (χ2v) is 19.4. The molecule has 0 aliphatic carbocycles. The van der Waals surface area contributed by atoms with E-state index in [4.69, 9.17) is 52.6 Å². The van der Waals surface area contributed by atoms with Gasteiger partial charge in [0.1, 0.15) is 6.10 Å². The summed E-state index contributed by atoms with van der Waals surface area (Å²) in [6.45, 7) is 20.6. The van der Waals surface area contributed by atoms with Gasteiger partial charge in [-0.05, 0) is 40.0 Å².